The fourth-order valence-electron chi connectivity index (χ4n) is 12.2. The summed E-state index contributed by atoms with van der Waals surface area (Å²) in [5.74, 6) is 2.96. The molecule has 16 nitrogen and oxygen atoms in total. The number of ether oxygens (including phenoxy) is 5. The second-order valence-corrected chi connectivity index (χ2v) is 20.9. The maximum atomic E-state index is 17.2. The van der Waals surface area contributed by atoms with Gasteiger partial charge in [-0.25, -0.2) is 14.5 Å². The summed E-state index contributed by atoms with van der Waals surface area (Å²) in [6.45, 7) is 4.26. The third kappa shape index (κ3) is 10.0. The van der Waals surface area contributed by atoms with E-state index >= 15 is 19.2 Å². The number of morpholine rings is 1. The Morgan fingerprint density at radius 1 is 0.800 bits per heavy atom. The van der Waals surface area contributed by atoms with Gasteiger partial charge in [0.15, 0.2) is 11.5 Å². The number of fused-ring (bicyclic) bond motifs is 4. The number of para-hydroxylation sites is 1. The van der Waals surface area contributed by atoms with E-state index in [1.807, 2.05) is 115 Å². The predicted octanol–water partition coefficient (Wildman–Crippen LogP) is 7.72. The van der Waals surface area contributed by atoms with Crippen molar-refractivity contribution in [2.24, 2.45) is 11.8 Å². The lowest BCUT2D eigenvalue weighted by molar-refractivity contribution is -0.179. The minimum atomic E-state index is -2.18. The minimum absolute atomic E-state index is 0.0704. The van der Waals surface area contributed by atoms with Crippen molar-refractivity contribution >= 4 is 35.5 Å². The van der Waals surface area contributed by atoms with E-state index in [4.69, 9.17) is 23.7 Å². The first-order chi connectivity index (χ1) is 38.8. The predicted molar refractivity (Wildman–Crippen MR) is 298 cm³/mol. The number of aliphatic hydroxyl groups is 1. The van der Waals surface area contributed by atoms with Gasteiger partial charge in [0.05, 0.1) is 58.2 Å². The van der Waals surface area contributed by atoms with Crippen LogP contribution in [0.1, 0.15) is 76.5 Å². The van der Waals surface area contributed by atoms with Crippen molar-refractivity contribution in [3.05, 3.63) is 190 Å². The molecule has 6 aromatic rings. The van der Waals surface area contributed by atoms with Crippen LogP contribution in [0.25, 0.3) is 0 Å². The average Bonchev–Trinajstić information content (AvgIpc) is 4.00. The van der Waals surface area contributed by atoms with Gasteiger partial charge in [-0.1, -0.05) is 135 Å². The molecule has 0 unspecified atom stereocenters. The zero-order chi connectivity index (χ0) is 56.2. The van der Waals surface area contributed by atoms with E-state index in [1.54, 1.807) is 68.3 Å². The summed E-state index contributed by atoms with van der Waals surface area (Å²) in [5.41, 5.74) is 3.26. The van der Waals surface area contributed by atoms with Crippen LogP contribution in [0.15, 0.2) is 146 Å². The van der Waals surface area contributed by atoms with Crippen LogP contribution in [0.3, 0.4) is 0 Å². The van der Waals surface area contributed by atoms with E-state index in [2.05, 4.69) is 22.1 Å². The topological polar surface area (TPSA) is 177 Å². The number of rotatable bonds is 15. The largest absolute Gasteiger partial charge is 0.493 e. The van der Waals surface area contributed by atoms with Gasteiger partial charge in [0, 0.05) is 30.8 Å². The lowest BCUT2D eigenvalue weighted by atomic mass is 9.64. The summed E-state index contributed by atoms with van der Waals surface area (Å²) in [6, 6.07) is 39.0. The number of hydrogen-bond donors (Lipinski definition) is 2. The molecule has 0 aromatic heterocycles. The number of nitrogens with one attached hydrogen (secondary N) is 1. The Balaban J connectivity index is 1.26. The van der Waals surface area contributed by atoms with Gasteiger partial charge >= 0.3 is 18.0 Å². The van der Waals surface area contributed by atoms with Crippen molar-refractivity contribution in [2.45, 2.75) is 69.0 Å². The maximum absolute atomic E-state index is 17.2. The molecular weight excluding hydrogens is 1010 g/mol. The van der Waals surface area contributed by atoms with Crippen molar-refractivity contribution in [1.29, 1.82) is 0 Å². The number of carbonyl (C=O) groups excluding carboxylic acids is 5. The van der Waals surface area contributed by atoms with Gasteiger partial charge in [-0.15, -0.1) is 0 Å². The second-order valence-electron chi connectivity index (χ2n) is 20.9. The first-order valence-corrected chi connectivity index (χ1v) is 26.9. The summed E-state index contributed by atoms with van der Waals surface area (Å²) in [4.78, 5) is 85.4. The normalized spacial score (nSPS) is 21.4. The average molecular weight is 1080 g/mol. The zero-order valence-corrected chi connectivity index (χ0v) is 45.7. The van der Waals surface area contributed by atoms with Crippen LogP contribution >= 0.6 is 0 Å². The first kappa shape index (κ1) is 54.8. The molecule has 7 atom stereocenters. The first-order valence-electron chi connectivity index (χ1n) is 26.9. The molecule has 2 N–H and O–H groups in total. The molecule has 80 heavy (non-hydrogen) atoms. The monoisotopic (exact) mass is 1080 g/mol. The minimum Gasteiger partial charge on any atom is -0.493 e. The van der Waals surface area contributed by atoms with E-state index in [9.17, 15) is 9.90 Å². The summed E-state index contributed by atoms with van der Waals surface area (Å²) < 4.78 is 29.7. The molecule has 16 heteroatoms. The highest BCUT2D eigenvalue weighted by atomic mass is 16.6. The number of amides is 4. The van der Waals surface area contributed by atoms with E-state index < -0.39 is 77.3 Å². The highest BCUT2D eigenvalue weighted by Crippen LogP contribution is 2.67. The van der Waals surface area contributed by atoms with Gasteiger partial charge in [0.25, 0.3) is 0 Å². The van der Waals surface area contributed by atoms with Crippen molar-refractivity contribution in [2.75, 3.05) is 59.6 Å². The van der Waals surface area contributed by atoms with Crippen LogP contribution in [-0.2, 0) is 53.6 Å². The number of aliphatic hydroxyl groups excluding tert-OH is 1. The molecule has 0 aliphatic carbocycles. The van der Waals surface area contributed by atoms with E-state index in [0.29, 0.717) is 53.3 Å². The molecule has 412 valence electrons. The molecule has 1 spiro atoms. The molecule has 4 amide bonds. The number of imide groups is 1. The molecule has 4 aliphatic heterocycles. The van der Waals surface area contributed by atoms with E-state index in [1.165, 1.54) is 14.2 Å². The van der Waals surface area contributed by atoms with E-state index in [0.717, 1.165) is 21.6 Å². The summed E-state index contributed by atoms with van der Waals surface area (Å²) in [6.07, 6.45) is -0.594. The SMILES string of the molecule is COC(=O)[C@@H](NC(=O)N1C(=O)[C@@]2(c3cc(C#CCN(C)Cc4ccccc4)ccc31)[C@H](C(=O)N1CCc3cc(OC)c(OC)cc3C1)[C@H]1C(=O)O[C@H](c3ccccc3)[C@H](c3ccccc3)N1[C@@H]2c1ccccc1OCCO)C(C)C. The lowest BCUT2D eigenvalue weighted by Crippen LogP contribution is -2.58. The highest BCUT2D eigenvalue weighted by Gasteiger charge is 2.76. The highest BCUT2D eigenvalue weighted by molar-refractivity contribution is 6.25. The molecule has 2 fully saturated rings. The van der Waals surface area contributed by atoms with Crippen LogP contribution < -0.4 is 24.4 Å². The number of urea groups is 1. The van der Waals surface area contributed by atoms with Crippen molar-refractivity contribution in [3.63, 3.8) is 0 Å². The Kier molecular flexibility index (Phi) is 16.1. The van der Waals surface area contributed by atoms with Crippen molar-refractivity contribution in [1.82, 2.24) is 20.0 Å². The number of benzene rings is 6. The van der Waals surface area contributed by atoms with Crippen LogP contribution in [0.2, 0.25) is 0 Å². The summed E-state index contributed by atoms with van der Waals surface area (Å²) in [5, 5.41) is 13.1. The Bertz CT molecular complexity index is 3350. The van der Waals surface area contributed by atoms with Crippen molar-refractivity contribution in [3.8, 4) is 29.1 Å². The van der Waals surface area contributed by atoms with Crippen LogP contribution in [0, 0.1) is 23.7 Å². The second kappa shape index (κ2) is 23.5. The summed E-state index contributed by atoms with van der Waals surface area (Å²) in [7, 11) is 6.29. The maximum Gasteiger partial charge on any atom is 0.329 e. The molecule has 0 saturated carbocycles. The lowest BCUT2D eigenvalue weighted by Gasteiger charge is -2.46. The quantitative estimate of drug-likeness (QED) is 0.0756. The van der Waals surface area contributed by atoms with Crippen LogP contribution in [0.5, 0.6) is 17.2 Å². The number of carbonyl (C=O) groups is 5. The Labute approximate surface area is 466 Å². The molecule has 10 rings (SSSR count). The zero-order valence-electron chi connectivity index (χ0n) is 45.7. The standard InChI is InChI=1S/C64H65N5O11/c1-40(2)54(60(72)78-6)65-63(75)68-49-29-28-41(21-18-31-66(3)38-42-19-10-7-11-20-42)35-48(49)64(62(68)74)53(59(71)67-32-30-45-36-51(76-4)52(77-5)37-46(45)39-67)56-61(73)80-57(44-24-14-9-15-25-44)55(43-22-12-8-13-23-43)69(56)58(64)47-26-16-17-27-50(47)79-34-33-70/h7-17,19-20,22-29,35-37,40,53-58,70H,30-34,38-39H2,1-6H3,(H,65,75)/t53-,54-,55-,56-,57+,58+,64-/m0/s1. The van der Waals surface area contributed by atoms with Gasteiger partial charge < -0.3 is 39.0 Å². The van der Waals surface area contributed by atoms with Gasteiger partial charge in [-0.2, -0.15) is 0 Å². The fraction of sp³-hybridized carbons (Fsp3) is 0.328. The van der Waals surface area contributed by atoms with Gasteiger partial charge in [0.1, 0.15) is 36.0 Å². The van der Waals surface area contributed by atoms with Crippen LogP contribution in [-0.4, -0.2) is 116 Å². The molecule has 0 radical (unpaired) electrons. The molecule has 0 bridgehead atoms. The smallest absolute Gasteiger partial charge is 0.329 e. The third-order valence-corrected chi connectivity index (χ3v) is 15.8. The Morgan fingerprint density at radius 2 is 1.45 bits per heavy atom. The number of esters is 2. The Morgan fingerprint density at radius 3 is 2.11 bits per heavy atom. The molecule has 4 heterocycles. The molecule has 4 aliphatic rings. The third-order valence-electron chi connectivity index (χ3n) is 15.8. The van der Waals surface area contributed by atoms with Gasteiger partial charge in [0.2, 0.25) is 11.8 Å². The number of anilines is 1. The Hall–Kier alpha value is -8.49. The number of cyclic esters (lactones) is 1. The molecule has 2 saturated heterocycles. The van der Waals surface area contributed by atoms with Crippen molar-refractivity contribution < 1.29 is 52.8 Å². The number of nitrogens with zero attached hydrogens (tertiary/aromatic N) is 4. The van der Waals surface area contributed by atoms with Gasteiger partial charge in [-0.05, 0) is 89.2 Å². The fourth-order valence-corrected chi connectivity index (χ4v) is 12.2. The number of hydrogen-bond acceptors (Lipinski definition) is 13. The van der Waals surface area contributed by atoms with E-state index in [-0.39, 0.29) is 43.3 Å². The number of methoxy groups -OCH3 is 3. The molecular formula is C64H65N5O11. The van der Waals surface area contributed by atoms with Gasteiger partial charge in [-0.3, -0.25) is 24.2 Å². The molecule has 6 aromatic carbocycles. The summed E-state index contributed by atoms with van der Waals surface area (Å²) >= 11 is 0. The van der Waals surface area contributed by atoms with Crippen LogP contribution in [0.4, 0.5) is 10.5 Å².